The second kappa shape index (κ2) is 5.41. The Morgan fingerprint density at radius 3 is 2.89 bits per heavy atom. The number of ether oxygens (including phenoxy) is 1. The van der Waals surface area contributed by atoms with Crippen LogP contribution < -0.4 is 5.32 Å². The van der Waals surface area contributed by atoms with Crippen molar-refractivity contribution in [3.63, 3.8) is 0 Å². The van der Waals surface area contributed by atoms with E-state index in [4.69, 9.17) is 4.74 Å². The van der Waals surface area contributed by atoms with Crippen LogP contribution >= 0.6 is 0 Å². The Morgan fingerprint density at radius 2 is 2.11 bits per heavy atom. The zero-order valence-electron chi connectivity index (χ0n) is 11.2. The highest BCUT2D eigenvalue weighted by Gasteiger charge is 2.28. The van der Waals surface area contributed by atoms with E-state index < -0.39 is 0 Å². The third-order valence-corrected chi connectivity index (χ3v) is 4.31. The molecule has 2 atom stereocenters. The highest BCUT2D eigenvalue weighted by molar-refractivity contribution is 5.31. The molecule has 18 heavy (non-hydrogen) atoms. The molecule has 2 nitrogen and oxygen atoms in total. The van der Waals surface area contributed by atoms with Gasteiger partial charge in [-0.15, -0.1) is 0 Å². The fourth-order valence-corrected chi connectivity index (χ4v) is 3.02. The van der Waals surface area contributed by atoms with Crippen LogP contribution in [-0.2, 0) is 11.2 Å². The smallest absolute Gasteiger partial charge is 0.0842 e. The minimum absolute atomic E-state index is 0.297. The van der Waals surface area contributed by atoms with E-state index in [0.717, 1.165) is 25.4 Å². The van der Waals surface area contributed by atoms with E-state index in [-0.39, 0.29) is 0 Å². The summed E-state index contributed by atoms with van der Waals surface area (Å²) in [4.78, 5) is 0. The van der Waals surface area contributed by atoms with Crippen LogP contribution in [0.3, 0.4) is 0 Å². The van der Waals surface area contributed by atoms with E-state index in [0.29, 0.717) is 12.1 Å². The standard InChI is InChI=1S/C16H23NO/c1-17-14(10-12-6-7-12)11-16-15-5-3-2-4-13(15)8-9-18-16/h2-5,12,14,16-17H,6-11H2,1H3. The Bertz CT molecular complexity index is 400. The monoisotopic (exact) mass is 245 g/mol. The van der Waals surface area contributed by atoms with Crippen molar-refractivity contribution >= 4 is 0 Å². The lowest BCUT2D eigenvalue weighted by Gasteiger charge is -2.29. The third-order valence-electron chi connectivity index (χ3n) is 4.31. The second-order valence-electron chi connectivity index (χ2n) is 5.71. The SMILES string of the molecule is CNC(CC1CC1)CC1OCCc2ccccc21. The molecule has 1 heterocycles. The van der Waals surface area contributed by atoms with Gasteiger partial charge >= 0.3 is 0 Å². The number of benzene rings is 1. The molecule has 0 saturated heterocycles. The predicted octanol–water partition coefficient (Wildman–Crippen LogP) is 3.08. The number of hydrogen-bond donors (Lipinski definition) is 1. The molecule has 0 bridgehead atoms. The molecule has 1 aromatic carbocycles. The van der Waals surface area contributed by atoms with Gasteiger partial charge in [0.15, 0.2) is 0 Å². The zero-order chi connectivity index (χ0) is 12.4. The van der Waals surface area contributed by atoms with Crippen LogP contribution in [0.25, 0.3) is 0 Å². The Kier molecular flexibility index (Phi) is 3.67. The Labute approximate surface area is 110 Å². The van der Waals surface area contributed by atoms with Gasteiger partial charge in [0.1, 0.15) is 0 Å². The van der Waals surface area contributed by atoms with Crippen LogP contribution in [0.15, 0.2) is 24.3 Å². The van der Waals surface area contributed by atoms with Gasteiger partial charge in [-0.1, -0.05) is 37.1 Å². The summed E-state index contributed by atoms with van der Waals surface area (Å²) in [6.45, 7) is 0.877. The molecule has 0 spiro atoms. The summed E-state index contributed by atoms with van der Waals surface area (Å²) >= 11 is 0. The molecular formula is C16H23NO. The second-order valence-corrected chi connectivity index (χ2v) is 5.71. The molecule has 2 aliphatic rings. The van der Waals surface area contributed by atoms with Gasteiger partial charge in [-0.2, -0.15) is 0 Å². The first kappa shape index (κ1) is 12.2. The highest BCUT2D eigenvalue weighted by Crippen LogP contribution is 2.37. The first-order valence-corrected chi connectivity index (χ1v) is 7.23. The number of rotatable bonds is 5. The predicted molar refractivity (Wildman–Crippen MR) is 73.6 cm³/mol. The molecule has 3 rings (SSSR count). The first-order chi connectivity index (χ1) is 8.86. The molecule has 0 aromatic heterocycles. The molecule has 1 aliphatic heterocycles. The molecule has 0 radical (unpaired) electrons. The molecule has 1 aliphatic carbocycles. The lowest BCUT2D eigenvalue weighted by atomic mass is 9.92. The van der Waals surface area contributed by atoms with E-state index in [2.05, 4.69) is 36.6 Å². The van der Waals surface area contributed by atoms with Crippen molar-refractivity contribution < 1.29 is 4.74 Å². The van der Waals surface area contributed by atoms with Crippen LogP contribution in [0.1, 0.15) is 42.9 Å². The summed E-state index contributed by atoms with van der Waals surface area (Å²) in [5.74, 6) is 0.973. The first-order valence-electron chi connectivity index (χ1n) is 7.23. The number of nitrogens with one attached hydrogen (secondary N) is 1. The molecule has 1 aromatic rings. The largest absolute Gasteiger partial charge is 0.373 e. The summed E-state index contributed by atoms with van der Waals surface area (Å²) < 4.78 is 6.00. The van der Waals surface area contributed by atoms with Gasteiger partial charge in [0.2, 0.25) is 0 Å². The fourth-order valence-electron chi connectivity index (χ4n) is 3.02. The van der Waals surface area contributed by atoms with Crippen molar-refractivity contribution in [2.75, 3.05) is 13.7 Å². The van der Waals surface area contributed by atoms with Crippen molar-refractivity contribution in [3.05, 3.63) is 35.4 Å². The average molecular weight is 245 g/mol. The van der Waals surface area contributed by atoms with Gasteiger partial charge in [-0.3, -0.25) is 0 Å². The lowest BCUT2D eigenvalue weighted by molar-refractivity contribution is 0.0290. The molecule has 1 saturated carbocycles. The molecule has 2 heteroatoms. The maximum Gasteiger partial charge on any atom is 0.0842 e. The normalized spacial score (nSPS) is 24.6. The van der Waals surface area contributed by atoms with Crippen molar-refractivity contribution in [1.29, 1.82) is 0 Å². The van der Waals surface area contributed by atoms with Gasteiger partial charge in [-0.25, -0.2) is 0 Å². The van der Waals surface area contributed by atoms with E-state index in [1.165, 1.54) is 30.4 Å². The highest BCUT2D eigenvalue weighted by atomic mass is 16.5. The van der Waals surface area contributed by atoms with E-state index in [1.807, 2.05) is 0 Å². The van der Waals surface area contributed by atoms with Crippen molar-refractivity contribution in [3.8, 4) is 0 Å². The van der Waals surface area contributed by atoms with E-state index >= 15 is 0 Å². The zero-order valence-corrected chi connectivity index (χ0v) is 11.2. The van der Waals surface area contributed by atoms with Crippen molar-refractivity contribution in [1.82, 2.24) is 5.32 Å². The lowest BCUT2D eigenvalue weighted by Crippen LogP contribution is -2.30. The molecule has 2 unspecified atom stereocenters. The van der Waals surface area contributed by atoms with Crippen LogP contribution in [-0.4, -0.2) is 19.7 Å². The average Bonchev–Trinajstić information content (AvgIpc) is 3.22. The van der Waals surface area contributed by atoms with Gasteiger partial charge in [0, 0.05) is 6.04 Å². The third kappa shape index (κ3) is 2.76. The summed E-state index contributed by atoms with van der Waals surface area (Å²) in [5, 5.41) is 3.47. The van der Waals surface area contributed by atoms with E-state index in [9.17, 15) is 0 Å². The minimum Gasteiger partial charge on any atom is -0.373 e. The van der Waals surface area contributed by atoms with Crippen molar-refractivity contribution in [2.24, 2.45) is 5.92 Å². The van der Waals surface area contributed by atoms with E-state index in [1.54, 1.807) is 0 Å². The van der Waals surface area contributed by atoms with Crippen LogP contribution in [0.2, 0.25) is 0 Å². The molecule has 1 N–H and O–H groups in total. The van der Waals surface area contributed by atoms with Gasteiger partial charge < -0.3 is 10.1 Å². The molecule has 1 fully saturated rings. The van der Waals surface area contributed by atoms with Gasteiger partial charge in [0.05, 0.1) is 12.7 Å². The summed E-state index contributed by atoms with van der Waals surface area (Å²) in [5.41, 5.74) is 2.90. The van der Waals surface area contributed by atoms with Crippen LogP contribution in [0, 0.1) is 5.92 Å². The van der Waals surface area contributed by atoms with Gasteiger partial charge in [-0.05, 0) is 43.4 Å². The molecule has 0 amide bonds. The topological polar surface area (TPSA) is 21.3 Å². The Morgan fingerprint density at radius 1 is 1.28 bits per heavy atom. The van der Waals surface area contributed by atoms with Crippen LogP contribution in [0.4, 0.5) is 0 Å². The molecule has 98 valence electrons. The summed E-state index contributed by atoms with van der Waals surface area (Å²) in [7, 11) is 2.09. The maximum absolute atomic E-state index is 6.00. The molecular weight excluding hydrogens is 222 g/mol. The maximum atomic E-state index is 6.00. The summed E-state index contributed by atoms with van der Waals surface area (Å²) in [6, 6.07) is 9.37. The quantitative estimate of drug-likeness (QED) is 0.860. The van der Waals surface area contributed by atoms with Crippen LogP contribution in [0.5, 0.6) is 0 Å². The van der Waals surface area contributed by atoms with Gasteiger partial charge in [0.25, 0.3) is 0 Å². The van der Waals surface area contributed by atoms with Crippen molar-refractivity contribution in [2.45, 2.75) is 44.2 Å². The Hall–Kier alpha value is -0.860. The fraction of sp³-hybridized carbons (Fsp3) is 0.625. The minimum atomic E-state index is 0.297. The number of hydrogen-bond acceptors (Lipinski definition) is 2. The Balaban J connectivity index is 1.68. The number of fused-ring (bicyclic) bond motifs is 1. The summed E-state index contributed by atoms with van der Waals surface area (Å²) in [6.07, 6.45) is 6.66.